The molecule has 1 aliphatic rings. The second-order valence-electron chi connectivity index (χ2n) is 3.96. The summed E-state index contributed by atoms with van der Waals surface area (Å²) in [5.41, 5.74) is 3.69. The van der Waals surface area contributed by atoms with E-state index >= 15 is 0 Å². The van der Waals surface area contributed by atoms with Crippen LogP contribution in [0.25, 0.3) is 10.2 Å². The van der Waals surface area contributed by atoms with Gasteiger partial charge in [0.05, 0.1) is 25.9 Å². The Hall–Kier alpha value is -0.590. The van der Waals surface area contributed by atoms with Gasteiger partial charge in [0.15, 0.2) is 0 Å². The first-order valence-electron chi connectivity index (χ1n) is 5.17. The molecule has 1 saturated heterocycles. The van der Waals surface area contributed by atoms with Crippen LogP contribution in [0.15, 0.2) is 22.1 Å². The van der Waals surface area contributed by atoms with Crippen LogP contribution in [0.1, 0.15) is 6.42 Å². The van der Waals surface area contributed by atoms with Crippen molar-refractivity contribution in [2.45, 2.75) is 11.7 Å². The molecule has 2 aromatic rings. The molecule has 0 aliphatic carbocycles. The van der Waals surface area contributed by atoms with E-state index in [4.69, 9.17) is 0 Å². The molecule has 1 aromatic heterocycles. The molecular formula is C11H9BrN2OS2. The van der Waals surface area contributed by atoms with Crippen molar-refractivity contribution in [3.63, 3.8) is 0 Å². The van der Waals surface area contributed by atoms with E-state index in [1.807, 2.05) is 17.6 Å². The lowest BCUT2D eigenvalue weighted by atomic mass is 10.3. The van der Waals surface area contributed by atoms with Gasteiger partial charge in [-0.2, -0.15) is 12.6 Å². The minimum atomic E-state index is 0.131. The molecule has 0 bridgehead atoms. The number of fused-ring (bicyclic) bond motifs is 1. The molecule has 0 radical (unpaired) electrons. The fourth-order valence-corrected chi connectivity index (χ4v) is 3.89. The molecule has 6 heteroatoms. The van der Waals surface area contributed by atoms with Crippen LogP contribution in [0.5, 0.6) is 0 Å². The van der Waals surface area contributed by atoms with E-state index in [2.05, 4.69) is 33.5 Å². The molecule has 1 fully saturated rings. The predicted molar refractivity (Wildman–Crippen MR) is 77.1 cm³/mol. The van der Waals surface area contributed by atoms with Crippen molar-refractivity contribution in [2.75, 3.05) is 11.4 Å². The topological polar surface area (TPSA) is 33.2 Å². The van der Waals surface area contributed by atoms with Crippen LogP contribution in [0, 0.1) is 0 Å². The summed E-state index contributed by atoms with van der Waals surface area (Å²) in [6, 6.07) is 3.89. The number of halogens is 1. The smallest absolute Gasteiger partial charge is 0.228 e. The van der Waals surface area contributed by atoms with E-state index in [1.165, 1.54) is 0 Å². The van der Waals surface area contributed by atoms with Crippen molar-refractivity contribution in [3.8, 4) is 0 Å². The standard InChI is InChI=1S/C11H9BrN2OS2/c12-10-8(14-4-6(16)3-9(14)15)2-1-7-11(10)17-5-13-7/h1-2,5-6,16H,3-4H2. The van der Waals surface area contributed by atoms with E-state index in [-0.39, 0.29) is 11.2 Å². The van der Waals surface area contributed by atoms with Gasteiger partial charge in [0.1, 0.15) is 0 Å². The van der Waals surface area contributed by atoms with Gasteiger partial charge in [-0.05, 0) is 28.1 Å². The van der Waals surface area contributed by atoms with E-state index in [1.54, 1.807) is 16.2 Å². The number of thiol groups is 1. The number of hydrogen-bond donors (Lipinski definition) is 1. The molecule has 88 valence electrons. The molecule has 1 aromatic carbocycles. The minimum absolute atomic E-state index is 0.131. The Morgan fingerprint density at radius 1 is 1.53 bits per heavy atom. The van der Waals surface area contributed by atoms with E-state index in [0.29, 0.717) is 13.0 Å². The Balaban J connectivity index is 2.11. The lowest BCUT2D eigenvalue weighted by molar-refractivity contribution is -0.117. The van der Waals surface area contributed by atoms with Crippen LogP contribution in [0.4, 0.5) is 5.69 Å². The second kappa shape index (κ2) is 4.26. The SMILES string of the molecule is O=C1CC(S)CN1c1ccc2ncsc2c1Br. The number of amides is 1. The molecule has 17 heavy (non-hydrogen) atoms. The summed E-state index contributed by atoms with van der Waals surface area (Å²) < 4.78 is 2.03. The Labute approximate surface area is 116 Å². The van der Waals surface area contributed by atoms with Crippen molar-refractivity contribution in [1.29, 1.82) is 0 Å². The predicted octanol–water partition coefficient (Wildman–Crippen LogP) is 3.09. The maximum Gasteiger partial charge on any atom is 0.228 e. The zero-order chi connectivity index (χ0) is 12.0. The Morgan fingerprint density at radius 2 is 2.35 bits per heavy atom. The maximum atomic E-state index is 11.9. The third-order valence-corrected chi connectivity index (χ3v) is 5.08. The minimum Gasteiger partial charge on any atom is -0.310 e. The van der Waals surface area contributed by atoms with Crippen molar-refractivity contribution < 1.29 is 4.79 Å². The van der Waals surface area contributed by atoms with E-state index in [9.17, 15) is 4.79 Å². The molecule has 0 spiro atoms. The average Bonchev–Trinajstić information content (AvgIpc) is 2.86. The van der Waals surface area contributed by atoms with Crippen molar-refractivity contribution >= 4 is 61.7 Å². The third-order valence-electron chi connectivity index (χ3n) is 2.81. The van der Waals surface area contributed by atoms with Gasteiger partial charge < -0.3 is 4.90 Å². The van der Waals surface area contributed by atoms with Gasteiger partial charge >= 0.3 is 0 Å². The summed E-state index contributed by atoms with van der Waals surface area (Å²) in [4.78, 5) is 17.9. The summed E-state index contributed by atoms with van der Waals surface area (Å²) >= 11 is 9.51. The number of nitrogens with zero attached hydrogens (tertiary/aromatic N) is 2. The van der Waals surface area contributed by atoms with Crippen molar-refractivity contribution in [1.82, 2.24) is 4.98 Å². The lowest BCUT2D eigenvalue weighted by Gasteiger charge is -2.17. The molecule has 1 atom stereocenters. The van der Waals surface area contributed by atoms with Gasteiger partial charge in [0, 0.05) is 18.2 Å². The van der Waals surface area contributed by atoms with Gasteiger partial charge in [0.25, 0.3) is 0 Å². The number of benzene rings is 1. The average molecular weight is 329 g/mol. The first kappa shape index (κ1) is 11.5. The third kappa shape index (κ3) is 1.88. The largest absolute Gasteiger partial charge is 0.310 e. The summed E-state index contributed by atoms with van der Waals surface area (Å²) in [6.45, 7) is 0.671. The second-order valence-corrected chi connectivity index (χ2v) is 6.34. The molecule has 1 amide bonds. The zero-order valence-electron chi connectivity index (χ0n) is 8.76. The monoisotopic (exact) mass is 328 g/mol. The van der Waals surface area contributed by atoms with Crippen LogP contribution >= 0.6 is 39.9 Å². The molecular weight excluding hydrogens is 320 g/mol. The van der Waals surface area contributed by atoms with Crippen LogP contribution in [0.2, 0.25) is 0 Å². The summed E-state index contributed by atoms with van der Waals surface area (Å²) in [6.07, 6.45) is 0.510. The highest BCUT2D eigenvalue weighted by Crippen LogP contribution is 2.37. The van der Waals surface area contributed by atoms with Crippen LogP contribution in [-0.4, -0.2) is 22.7 Å². The Bertz CT molecular complexity index is 598. The first-order valence-corrected chi connectivity index (χ1v) is 7.36. The van der Waals surface area contributed by atoms with Gasteiger partial charge in [0.2, 0.25) is 5.91 Å². The summed E-state index contributed by atoms with van der Waals surface area (Å²) in [7, 11) is 0. The Morgan fingerprint density at radius 3 is 3.06 bits per heavy atom. The zero-order valence-corrected chi connectivity index (χ0v) is 12.1. The maximum absolute atomic E-state index is 11.9. The fourth-order valence-electron chi connectivity index (χ4n) is 2.02. The molecule has 1 unspecified atom stereocenters. The Kier molecular flexibility index (Phi) is 2.88. The molecule has 3 rings (SSSR count). The number of carbonyl (C=O) groups is 1. The van der Waals surface area contributed by atoms with Gasteiger partial charge in [-0.15, -0.1) is 11.3 Å². The molecule has 2 heterocycles. The number of hydrogen-bond acceptors (Lipinski definition) is 4. The quantitative estimate of drug-likeness (QED) is 0.816. The summed E-state index contributed by atoms with van der Waals surface area (Å²) in [5, 5.41) is 0.131. The molecule has 0 saturated carbocycles. The van der Waals surface area contributed by atoms with Crippen LogP contribution in [0.3, 0.4) is 0 Å². The van der Waals surface area contributed by atoms with E-state index < -0.39 is 0 Å². The number of rotatable bonds is 1. The molecule has 3 nitrogen and oxygen atoms in total. The number of thiazole rings is 1. The van der Waals surface area contributed by atoms with Gasteiger partial charge in [-0.3, -0.25) is 4.79 Å². The lowest BCUT2D eigenvalue weighted by Crippen LogP contribution is -2.24. The molecule has 0 N–H and O–H groups in total. The van der Waals surface area contributed by atoms with Crippen LogP contribution in [-0.2, 0) is 4.79 Å². The number of carbonyl (C=O) groups excluding carboxylic acids is 1. The first-order chi connectivity index (χ1) is 8.16. The normalized spacial score (nSPS) is 20.5. The highest BCUT2D eigenvalue weighted by Gasteiger charge is 2.29. The molecule has 1 aliphatic heterocycles. The van der Waals surface area contributed by atoms with Crippen molar-refractivity contribution in [2.24, 2.45) is 0 Å². The van der Waals surface area contributed by atoms with E-state index in [0.717, 1.165) is 20.4 Å². The fraction of sp³-hybridized carbons (Fsp3) is 0.273. The van der Waals surface area contributed by atoms with Crippen molar-refractivity contribution in [3.05, 3.63) is 22.1 Å². The van der Waals surface area contributed by atoms with Crippen LogP contribution < -0.4 is 4.90 Å². The number of aromatic nitrogens is 1. The number of anilines is 1. The highest BCUT2D eigenvalue weighted by molar-refractivity contribution is 9.10. The summed E-state index contributed by atoms with van der Waals surface area (Å²) in [5.74, 6) is 0.134. The van der Waals surface area contributed by atoms with Gasteiger partial charge in [-0.25, -0.2) is 4.98 Å². The van der Waals surface area contributed by atoms with Gasteiger partial charge in [-0.1, -0.05) is 0 Å². The highest BCUT2D eigenvalue weighted by atomic mass is 79.9.